The predicted molar refractivity (Wildman–Crippen MR) is 99.4 cm³/mol. The fourth-order valence-electron chi connectivity index (χ4n) is 2.57. The van der Waals surface area contributed by atoms with E-state index in [1.54, 1.807) is 22.3 Å². The summed E-state index contributed by atoms with van der Waals surface area (Å²) in [5.41, 5.74) is 4.53. The van der Waals surface area contributed by atoms with E-state index < -0.39 is 0 Å². The summed E-state index contributed by atoms with van der Waals surface area (Å²) in [5, 5.41) is 9.04. The molecule has 0 aliphatic rings. The Balaban J connectivity index is 1.48. The van der Waals surface area contributed by atoms with Crippen LogP contribution in [-0.4, -0.2) is 30.3 Å². The van der Waals surface area contributed by atoms with Crippen LogP contribution in [0.15, 0.2) is 48.1 Å². The third-order valence-corrected chi connectivity index (χ3v) is 4.94. The lowest BCUT2D eigenvalue weighted by molar-refractivity contribution is -0.117. The molecule has 3 heterocycles. The summed E-state index contributed by atoms with van der Waals surface area (Å²) in [6.07, 6.45) is 1.88. The van der Waals surface area contributed by atoms with Crippen LogP contribution >= 0.6 is 23.6 Å². The zero-order valence-corrected chi connectivity index (χ0v) is 14.7. The molecule has 3 aromatic heterocycles. The number of hydrogen-bond donors (Lipinski definition) is 2. The van der Waals surface area contributed by atoms with Crippen molar-refractivity contribution < 1.29 is 4.79 Å². The van der Waals surface area contributed by atoms with Gasteiger partial charge >= 0.3 is 0 Å². The molecule has 0 aliphatic carbocycles. The van der Waals surface area contributed by atoms with Gasteiger partial charge in [-0.05, 0) is 35.8 Å². The molecule has 0 atom stereocenters. The topological polar surface area (TPSA) is 80.5 Å². The molecular formula is C16H14N6OS2. The quantitative estimate of drug-likeness (QED) is 0.529. The van der Waals surface area contributed by atoms with Crippen molar-refractivity contribution >= 4 is 40.5 Å². The van der Waals surface area contributed by atoms with Crippen molar-refractivity contribution in [3.8, 4) is 10.7 Å². The largest absolute Gasteiger partial charge is 0.299 e. The molecule has 0 radical (unpaired) electrons. The number of para-hydroxylation sites is 2. The molecule has 7 nitrogen and oxygen atoms in total. The van der Waals surface area contributed by atoms with Crippen LogP contribution in [-0.2, 0) is 11.3 Å². The van der Waals surface area contributed by atoms with E-state index in [4.69, 9.17) is 12.2 Å². The standard InChI is InChI=1S/C16H14N6OS2/c23-14(20-22-10-17-11-4-1-2-5-12(11)22)7-8-21-15(18-19-16(21)24)13-6-3-9-25-13/h1-6,9-10H,7-8H2,(H,19,24)(H,20,23). The molecule has 0 saturated carbocycles. The smallest absolute Gasteiger partial charge is 0.240 e. The highest BCUT2D eigenvalue weighted by molar-refractivity contribution is 7.71. The van der Waals surface area contributed by atoms with Gasteiger partial charge in [-0.15, -0.1) is 11.3 Å². The Morgan fingerprint density at radius 3 is 3.00 bits per heavy atom. The number of benzene rings is 1. The van der Waals surface area contributed by atoms with Crippen LogP contribution in [0.5, 0.6) is 0 Å². The Bertz CT molecular complexity index is 1080. The Hall–Kier alpha value is -2.78. The second kappa shape index (κ2) is 6.61. The summed E-state index contributed by atoms with van der Waals surface area (Å²) >= 11 is 6.86. The summed E-state index contributed by atoms with van der Waals surface area (Å²) in [6, 6.07) is 11.6. The molecule has 1 amide bonds. The number of nitrogens with zero attached hydrogens (tertiary/aromatic N) is 4. The molecule has 4 rings (SSSR count). The van der Waals surface area contributed by atoms with Gasteiger partial charge in [0.05, 0.1) is 15.9 Å². The van der Waals surface area contributed by atoms with Gasteiger partial charge in [-0.1, -0.05) is 18.2 Å². The van der Waals surface area contributed by atoms with Gasteiger partial charge in [0.25, 0.3) is 0 Å². The minimum absolute atomic E-state index is 0.122. The number of rotatable bonds is 5. The van der Waals surface area contributed by atoms with Crippen molar-refractivity contribution in [1.82, 2.24) is 24.4 Å². The van der Waals surface area contributed by atoms with Crippen LogP contribution in [0, 0.1) is 4.77 Å². The van der Waals surface area contributed by atoms with Crippen LogP contribution in [0.25, 0.3) is 21.7 Å². The number of imidazole rings is 1. The molecule has 9 heteroatoms. The van der Waals surface area contributed by atoms with E-state index in [1.165, 1.54) is 0 Å². The third kappa shape index (κ3) is 3.11. The second-order valence-corrected chi connectivity index (χ2v) is 6.70. The molecule has 0 spiro atoms. The molecule has 0 unspecified atom stereocenters. The van der Waals surface area contributed by atoms with Gasteiger partial charge in [-0.25, -0.2) is 9.66 Å². The summed E-state index contributed by atoms with van der Waals surface area (Å²) < 4.78 is 3.98. The summed E-state index contributed by atoms with van der Waals surface area (Å²) in [6.45, 7) is 0.445. The molecule has 2 N–H and O–H groups in total. The minimum Gasteiger partial charge on any atom is -0.299 e. The zero-order chi connectivity index (χ0) is 17.2. The van der Waals surface area contributed by atoms with Gasteiger partial charge in [0.15, 0.2) is 10.6 Å². The Labute approximate surface area is 151 Å². The first-order valence-electron chi connectivity index (χ1n) is 7.63. The maximum absolute atomic E-state index is 12.3. The maximum Gasteiger partial charge on any atom is 0.240 e. The monoisotopic (exact) mass is 370 g/mol. The SMILES string of the molecule is O=C(CCn1c(-c2cccs2)n[nH]c1=S)Nn1cnc2ccccc21. The molecule has 25 heavy (non-hydrogen) atoms. The number of carbonyl (C=O) groups excluding carboxylic acids is 1. The van der Waals surface area contributed by atoms with Gasteiger partial charge in [0.2, 0.25) is 5.91 Å². The molecule has 1 aromatic carbocycles. The Morgan fingerprint density at radius 1 is 1.28 bits per heavy atom. The van der Waals surface area contributed by atoms with Crippen LogP contribution < -0.4 is 5.43 Å². The van der Waals surface area contributed by atoms with Crippen LogP contribution in [0.3, 0.4) is 0 Å². The lowest BCUT2D eigenvalue weighted by Crippen LogP contribution is -2.23. The normalized spacial score (nSPS) is 11.0. The van der Waals surface area contributed by atoms with E-state index in [1.807, 2.05) is 46.3 Å². The first kappa shape index (κ1) is 15.7. The van der Waals surface area contributed by atoms with E-state index in [-0.39, 0.29) is 12.3 Å². The molecule has 126 valence electrons. The number of nitrogens with one attached hydrogen (secondary N) is 2. The highest BCUT2D eigenvalue weighted by atomic mass is 32.1. The van der Waals surface area contributed by atoms with E-state index >= 15 is 0 Å². The van der Waals surface area contributed by atoms with Gasteiger partial charge < -0.3 is 0 Å². The van der Waals surface area contributed by atoms with Crippen LogP contribution in [0.4, 0.5) is 0 Å². The number of amides is 1. The molecule has 0 bridgehead atoms. The van der Waals surface area contributed by atoms with Crippen molar-refractivity contribution in [3.05, 3.63) is 52.9 Å². The number of H-pyrrole nitrogens is 1. The molecule has 4 aromatic rings. The number of fused-ring (bicyclic) bond motifs is 1. The van der Waals surface area contributed by atoms with Crippen LogP contribution in [0.1, 0.15) is 6.42 Å². The first-order valence-corrected chi connectivity index (χ1v) is 8.92. The Morgan fingerprint density at radius 2 is 2.16 bits per heavy atom. The maximum atomic E-state index is 12.3. The van der Waals surface area contributed by atoms with Gasteiger partial charge in [0, 0.05) is 13.0 Å². The number of hydrogen-bond acceptors (Lipinski definition) is 5. The lowest BCUT2D eigenvalue weighted by atomic mass is 10.3. The van der Waals surface area contributed by atoms with Crippen LogP contribution in [0.2, 0.25) is 0 Å². The number of aromatic amines is 1. The highest BCUT2D eigenvalue weighted by Gasteiger charge is 2.12. The highest BCUT2D eigenvalue weighted by Crippen LogP contribution is 2.22. The fourth-order valence-corrected chi connectivity index (χ4v) is 3.52. The molecular weight excluding hydrogens is 356 g/mol. The predicted octanol–water partition coefficient (Wildman–Crippen LogP) is 3.18. The second-order valence-electron chi connectivity index (χ2n) is 5.37. The molecule has 0 aliphatic heterocycles. The number of carbonyl (C=O) groups is 1. The minimum atomic E-state index is -0.122. The van der Waals surface area contributed by atoms with Crippen molar-refractivity contribution in [3.63, 3.8) is 0 Å². The van der Waals surface area contributed by atoms with Crippen molar-refractivity contribution in [2.75, 3.05) is 5.43 Å². The lowest BCUT2D eigenvalue weighted by Gasteiger charge is -2.08. The Kier molecular flexibility index (Phi) is 4.16. The van der Waals surface area contributed by atoms with E-state index in [0.29, 0.717) is 11.3 Å². The van der Waals surface area contributed by atoms with Crippen molar-refractivity contribution in [2.45, 2.75) is 13.0 Å². The average molecular weight is 370 g/mol. The summed E-state index contributed by atoms with van der Waals surface area (Å²) in [7, 11) is 0. The summed E-state index contributed by atoms with van der Waals surface area (Å²) in [5.74, 6) is 0.629. The number of aromatic nitrogens is 5. The number of thiophene rings is 1. The van der Waals surface area contributed by atoms with E-state index in [2.05, 4.69) is 20.6 Å². The average Bonchev–Trinajstić information content (AvgIpc) is 3.34. The van der Waals surface area contributed by atoms with Crippen molar-refractivity contribution in [2.24, 2.45) is 0 Å². The van der Waals surface area contributed by atoms with Gasteiger partial charge in [0.1, 0.15) is 6.33 Å². The molecule has 0 fully saturated rings. The van der Waals surface area contributed by atoms with E-state index in [9.17, 15) is 4.79 Å². The van der Waals surface area contributed by atoms with Gasteiger partial charge in [-0.2, -0.15) is 5.10 Å². The van der Waals surface area contributed by atoms with E-state index in [0.717, 1.165) is 21.7 Å². The zero-order valence-electron chi connectivity index (χ0n) is 13.0. The third-order valence-electron chi connectivity index (χ3n) is 3.76. The fraction of sp³-hybridized carbons (Fsp3) is 0.125. The molecule has 0 saturated heterocycles. The van der Waals surface area contributed by atoms with Gasteiger partial charge in [-0.3, -0.25) is 19.9 Å². The first-order chi connectivity index (χ1) is 12.2. The summed E-state index contributed by atoms with van der Waals surface area (Å²) in [4.78, 5) is 17.6. The van der Waals surface area contributed by atoms with Crippen molar-refractivity contribution in [1.29, 1.82) is 0 Å².